The Balaban J connectivity index is 1.18. The van der Waals surface area contributed by atoms with E-state index in [2.05, 4.69) is 205 Å². The maximum absolute atomic E-state index is 6.71. The highest BCUT2D eigenvalue weighted by atomic mass is 16.3. The molecule has 0 bridgehead atoms. The first-order valence-corrected chi connectivity index (χ1v) is 24.6. The van der Waals surface area contributed by atoms with Crippen LogP contribution in [0.5, 0.6) is 0 Å². The summed E-state index contributed by atoms with van der Waals surface area (Å²) in [7, 11) is 2.52. The van der Waals surface area contributed by atoms with Gasteiger partial charge in [0.1, 0.15) is 11.2 Å². The molecule has 1 aliphatic heterocycles. The smallest absolute Gasteiger partial charge is 0.197 e. The number of nitrogens with one attached hydrogen (secondary N) is 1. The summed E-state index contributed by atoms with van der Waals surface area (Å²) in [6, 6.07) is 37.6. The molecule has 6 aromatic carbocycles. The van der Waals surface area contributed by atoms with E-state index in [4.69, 9.17) is 4.42 Å². The average Bonchev–Trinajstić information content (AvgIpc) is 3.63. The number of aryl methyl sites for hydroxylation is 1. The van der Waals surface area contributed by atoms with Gasteiger partial charge in [-0.1, -0.05) is 131 Å². The van der Waals surface area contributed by atoms with Gasteiger partial charge >= 0.3 is 0 Å². The molecule has 0 fully saturated rings. The van der Waals surface area contributed by atoms with Crippen molar-refractivity contribution in [3.8, 4) is 11.1 Å². The second kappa shape index (κ2) is 13.9. The molecule has 0 unspecified atom stereocenters. The lowest BCUT2D eigenvalue weighted by Crippen LogP contribution is -2.44. The summed E-state index contributed by atoms with van der Waals surface area (Å²) in [5.74, 6) is 0. The molecule has 1 N–H and O–H groups in total. The maximum atomic E-state index is 6.71. The molecule has 7 aromatic rings. The SMILES string of the molecule is Cc1cc(-c2c(Nc3ccc4c(c3)C(C)(C)CCC4(C)C)ccc3oc4ccccc4c23)c2c(c1)N(c1ccc3c(c1)C(C)(C)CCC3(C)C)c1cc3c(cc1[B]2)C(C)(C)CCC3(C)C. The van der Waals surface area contributed by atoms with Crippen LogP contribution in [0.1, 0.15) is 161 Å². The summed E-state index contributed by atoms with van der Waals surface area (Å²) in [6.45, 7) is 31.5. The van der Waals surface area contributed by atoms with E-state index in [1.54, 1.807) is 0 Å². The van der Waals surface area contributed by atoms with Crippen LogP contribution in [-0.4, -0.2) is 7.28 Å². The van der Waals surface area contributed by atoms with Gasteiger partial charge in [-0.3, -0.25) is 0 Å². The fourth-order valence-electron chi connectivity index (χ4n) is 12.6. The Bertz CT molecular complexity index is 3130. The van der Waals surface area contributed by atoms with Crippen molar-refractivity contribution in [1.82, 2.24) is 0 Å². The monoisotopic (exact) mass is 856 g/mol. The van der Waals surface area contributed by atoms with E-state index in [0.29, 0.717) is 0 Å². The highest BCUT2D eigenvalue weighted by Gasteiger charge is 2.42. The van der Waals surface area contributed by atoms with E-state index in [-0.39, 0.29) is 32.5 Å². The molecule has 4 aliphatic rings. The molecule has 331 valence electrons. The number of fused-ring (bicyclic) bond motifs is 8. The van der Waals surface area contributed by atoms with Crippen LogP contribution in [0.3, 0.4) is 0 Å². The Kier molecular flexibility index (Phi) is 9.08. The molecule has 0 atom stereocenters. The van der Waals surface area contributed by atoms with Crippen molar-refractivity contribution in [2.24, 2.45) is 0 Å². The lowest BCUT2D eigenvalue weighted by Gasteiger charge is -2.45. The Hall–Kier alpha value is -5.22. The van der Waals surface area contributed by atoms with Gasteiger partial charge in [0.2, 0.25) is 0 Å². The first-order chi connectivity index (χ1) is 30.5. The van der Waals surface area contributed by atoms with Gasteiger partial charge in [0.25, 0.3) is 0 Å². The lowest BCUT2D eigenvalue weighted by atomic mass is 9.55. The number of benzene rings is 6. The van der Waals surface area contributed by atoms with Crippen molar-refractivity contribution in [2.75, 3.05) is 10.2 Å². The average molecular weight is 856 g/mol. The zero-order valence-electron chi connectivity index (χ0n) is 41.4. The molecule has 11 rings (SSSR count). The third-order valence-electron chi connectivity index (χ3n) is 17.1. The number of furan rings is 1. The van der Waals surface area contributed by atoms with Gasteiger partial charge in [0.05, 0.1) is 0 Å². The Morgan fingerprint density at radius 2 is 1.06 bits per heavy atom. The highest BCUT2D eigenvalue weighted by Crippen LogP contribution is 2.53. The van der Waals surface area contributed by atoms with Crippen LogP contribution in [0.2, 0.25) is 0 Å². The molecule has 0 saturated heterocycles. The third kappa shape index (κ3) is 6.58. The van der Waals surface area contributed by atoms with Crippen molar-refractivity contribution in [3.63, 3.8) is 0 Å². The summed E-state index contributed by atoms with van der Waals surface area (Å²) in [6.07, 6.45) is 7.10. The van der Waals surface area contributed by atoms with Crippen LogP contribution in [0, 0.1) is 6.92 Å². The normalized spacial score (nSPS) is 20.2. The molecule has 1 aromatic heterocycles. The molecule has 4 heteroatoms. The molecule has 1 radical (unpaired) electrons. The summed E-state index contributed by atoms with van der Waals surface area (Å²) < 4.78 is 6.71. The van der Waals surface area contributed by atoms with Crippen LogP contribution >= 0.6 is 0 Å². The van der Waals surface area contributed by atoms with Gasteiger partial charge < -0.3 is 14.6 Å². The number of anilines is 5. The summed E-state index contributed by atoms with van der Waals surface area (Å²) in [4.78, 5) is 2.63. The Morgan fingerprint density at radius 3 is 1.71 bits per heavy atom. The van der Waals surface area contributed by atoms with Gasteiger partial charge in [-0.05, 0) is 183 Å². The fourth-order valence-corrected chi connectivity index (χ4v) is 12.6. The maximum Gasteiger partial charge on any atom is 0.197 e. The van der Waals surface area contributed by atoms with Crippen LogP contribution in [0.4, 0.5) is 28.4 Å². The molecule has 0 saturated carbocycles. The molecule has 2 heterocycles. The fraction of sp³-hybridized carbons (Fsp3) is 0.410. The largest absolute Gasteiger partial charge is 0.456 e. The highest BCUT2D eigenvalue weighted by molar-refractivity contribution is 6.73. The topological polar surface area (TPSA) is 28.4 Å². The Morgan fingerprint density at radius 1 is 0.508 bits per heavy atom. The summed E-state index contributed by atoms with van der Waals surface area (Å²) in [5.41, 5.74) is 23.4. The van der Waals surface area contributed by atoms with E-state index in [9.17, 15) is 0 Å². The van der Waals surface area contributed by atoms with E-state index in [1.807, 2.05) is 0 Å². The van der Waals surface area contributed by atoms with E-state index < -0.39 is 0 Å². The molecular formula is C61H68BN2O. The first kappa shape index (κ1) is 42.4. The number of rotatable bonds is 4. The molecule has 0 spiro atoms. The van der Waals surface area contributed by atoms with Crippen molar-refractivity contribution in [2.45, 2.75) is 161 Å². The predicted octanol–water partition coefficient (Wildman–Crippen LogP) is 15.8. The van der Waals surface area contributed by atoms with E-state index >= 15 is 0 Å². The third-order valence-corrected chi connectivity index (χ3v) is 17.1. The first-order valence-electron chi connectivity index (χ1n) is 24.6. The van der Waals surface area contributed by atoms with Gasteiger partial charge in [0.15, 0.2) is 7.28 Å². The van der Waals surface area contributed by atoms with Crippen molar-refractivity contribution in [1.29, 1.82) is 0 Å². The zero-order chi connectivity index (χ0) is 45.8. The minimum atomic E-state index is 0.0751. The van der Waals surface area contributed by atoms with E-state index in [1.165, 1.54) is 117 Å². The van der Waals surface area contributed by atoms with Gasteiger partial charge in [-0.25, -0.2) is 0 Å². The second-order valence-electron chi connectivity index (χ2n) is 24.6. The van der Waals surface area contributed by atoms with Crippen molar-refractivity contribution < 1.29 is 4.42 Å². The quantitative estimate of drug-likeness (QED) is 0.179. The minimum absolute atomic E-state index is 0.0751. The number of hydrogen-bond donors (Lipinski definition) is 1. The van der Waals surface area contributed by atoms with Crippen molar-refractivity contribution >= 4 is 68.6 Å². The van der Waals surface area contributed by atoms with Gasteiger partial charge in [-0.2, -0.15) is 0 Å². The van der Waals surface area contributed by atoms with Crippen LogP contribution in [0.15, 0.2) is 101 Å². The van der Waals surface area contributed by atoms with Crippen molar-refractivity contribution in [3.05, 3.63) is 136 Å². The molecule has 3 nitrogen and oxygen atoms in total. The summed E-state index contributed by atoms with van der Waals surface area (Å²) >= 11 is 0. The minimum Gasteiger partial charge on any atom is -0.456 e. The van der Waals surface area contributed by atoms with Gasteiger partial charge in [-0.15, -0.1) is 0 Å². The number of para-hydroxylation sites is 1. The Labute approximate surface area is 389 Å². The summed E-state index contributed by atoms with van der Waals surface area (Å²) in [5, 5.41) is 6.35. The second-order valence-corrected chi connectivity index (χ2v) is 24.6. The molecule has 0 amide bonds. The van der Waals surface area contributed by atoms with Crippen LogP contribution in [-0.2, 0) is 32.5 Å². The number of hydrogen-bond acceptors (Lipinski definition) is 3. The van der Waals surface area contributed by atoms with Crippen LogP contribution in [0.25, 0.3) is 33.1 Å². The molecule has 65 heavy (non-hydrogen) atoms. The lowest BCUT2D eigenvalue weighted by molar-refractivity contribution is 0.332. The van der Waals surface area contributed by atoms with Crippen LogP contribution < -0.4 is 21.1 Å². The van der Waals surface area contributed by atoms with Gasteiger partial charge in [0, 0.05) is 44.8 Å². The molecular weight excluding hydrogens is 787 g/mol. The zero-order valence-corrected chi connectivity index (χ0v) is 41.4. The van der Waals surface area contributed by atoms with E-state index in [0.717, 1.165) is 33.3 Å². The molecule has 3 aliphatic carbocycles. The standard InChI is InChI=1S/C61H68BN2O/c1-36-30-40(53-48(22-23-52-54(53)39-16-14-15-17-51(39)65-52)63-37-18-20-41-43(32-37)58(6,7)26-24-56(41,2)3)55-50(31-36)64(38-19-21-42-44(33-38)59(8,9)27-25-57(42,4)5)49-35-46-45(34-47(49)62-55)60(10,11)28-29-61(46,12)13/h14-23,30-35,63H,24-29H2,1-13H3. The predicted molar refractivity (Wildman–Crippen MR) is 279 cm³/mol. The number of nitrogens with zero attached hydrogens (tertiary/aromatic N) is 1.